The van der Waals surface area contributed by atoms with Gasteiger partial charge in [0.15, 0.2) is 0 Å². The molecule has 0 saturated heterocycles. The Balaban J connectivity index is 4.03. The van der Waals surface area contributed by atoms with E-state index in [4.69, 9.17) is 11.6 Å². The maximum atomic E-state index is 5.65. The molecule has 0 aliphatic heterocycles. The Morgan fingerprint density at radius 1 is 1.91 bits per heavy atom. The predicted molar refractivity (Wildman–Crippen MR) is 59.3 cm³/mol. The Kier molecular flexibility index (Phi) is 5.95. The number of nitrogens with zero attached hydrogens (tertiary/aromatic N) is 2. The third-order valence-corrected chi connectivity index (χ3v) is 3.08. The summed E-state index contributed by atoms with van der Waals surface area (Å²) in [5, 5.41) is 6.31. The standard InChI is InChI=1S/C7H12ClIN2/c1-4-6(8)10-11(3)7(9)5-2/h4,7H,1,5H2,2-3H3/b10-6+. The van der Waals surface area contributed by atoms with Crippen LogP contribution in [0.25, 0.3) is 0 Å². The molecule has 1 unspecified atom stereocenters. The van der Waals surface area contributed by atoms with E-state index in [9.17, 15) is 0 Å². The highest BCUT2D eigenvalue weighted by molar-refractivity contribution is 14.1. The zero-order chi connectivity index (χ0) is 8.85. The number of halogens is 2. The smallest absolute Gasteiger partial charge is 0.148 e. The first-order valence-electron chi connectivity index (χ1n) is 3.35. The molecule has 0 rings (SSSR count). The Morgan fingerprint density at radius 3 is 2.82 bits per heavy atom. The number of hydrogen-bond donors (Lipinski definition) is 0. The van der Waals surface area contributed by atoms with Gasteiger partial charge in [-0.2, -0.15) is 5.10 Å². The molecule has 64 valence electrons. The van der Waals surface area contributed by atoms with Gasteiger partial charge in [-0.05, 0) is 12.5 Å². The lowest BCUT2D eigenvalue weighted by Crippen LogP contribution is -2.20. The second-order valence-electron chi connectivity index (χ2n) is 2.04. The molecule has 0 heterocycles. The molecule has 1 atom stereocenters. The highest BCUT2D eigenvalue weighted by Gasteiger charge is 2.04. The van der Waals surface area contributed by atoms with E-state index in [0.29, 0.717) is 9.22 Å². The molecular formula is C7H12ClIN2. The molecule has 0 radical (unpaired) electrons. The summed E-state index contributed by atoms with van der Waals surface area (Å²) in [7, 11) is 1.90. The summed E-state index contributed by atoms with van der Waals surface area (Å²) in [5.74, 6) is 0. The molecule has 0 amide bonds. The van der Waals surface area contributed by atoms with Crippen molar-refractivity contribution in [2.24, 2.45) is 5.10 Å². The summed E-state index contributed by atoms with van der Waals surface area (Å²) >= 11 is 7.96. The summed E-state index contributed by atoms with van der Waals surface area (Å²) < 4.78 is 0.390. The summed E-state index contributed by atoms with van der Waals surface area (Å²) in [6, 6.07) is 0. The van der Waals surface area contributed by atoms with Gasteiger partial charge >= 0.3 is 0 Å². The number of rotatable bonds is 4. The van der Waals surface area contributed by atoms with Crippen molar-refractivity contribution in [3.8, 4) is 0 Å². The van der Waals surface area contributed by atoms with Crippen molar-refractivity contribution in [1.82, 2.24) is 5.01 Å². The van der Waals surface area contributed by atoms with Crippen molar-refractivity contribution in [2.45, 2.75) is 17.4 Å². The molecule has 0 aliphatic carbocycles. The van der Waals surface area contributed by atoms with E-state index in [0.717, 1.165) is 6.42 Å². The van der Waals surface area contributed by atoms with Crippen molar-refractivity contribution in [2.75, 3.05) is 7.05 Å². The second-order valence-corrected chi connectivity index (χ2v) is 3.87. The van der Waals surface area contributed by atoms with Gasteiger partial charge < -0.3 is 0 Å². The van der Waals surface area contributed by atoms with Crippen LogP contribution in [0.15, 0.2) is 17.8 Å². The van der Waals surface area contributed by atoms with Gasteiger partial charge in [0.05, 0.1) is 4.05 Å². The molecule has 0 spiro atoms. The normalized spacial score (nSPS) is 14.4. The third-order valence-electron chi connectivity index (χ3n) is 1.16. The molecule has 0 fully saturated rings. The van der Waals surface area contributed by atoms with Crippen molar-refractivity contribution in [1.29, 1.82) is 0 Å². The van der Waals surface area contributed by atoms with Gasteiger partial charge in [-0.1, -0.05) is 47.7 Å². The Bertz CT molecular complexity index is 159. The van der Waals surface area contributed by atoms with E-state index >= 15 is 0 Å². The SMILES string of the molecule is C=C/C(Cl)=N\N(C)C(I)CC. The fourth-order valence-corrected chi connectivity index (χ4v) is 0.762. The molecule has 0 saturated carbocycles. The van der Waals surface area contributed by atoms with Gasteiger partial charge in [0.1, 0.15) is 5.17 Å². The minimum Gasteiger partial charge on any atom is -0.286 e. The van der Waals surface area contributed by atoms with Crippen LogP contribution in [0.2, 0.25) is 0 Å². The highest BCUT2D eigenvalue weighted by atomic mass is 127. The van der Waals surface area contributed by atoms with Crippen LogP contribution in [0, 0.1) is 0 Å². The number of hydrazone groups is 1. The van der Waals surface area contributed by atoms with E-state index in [1.165, 1.54) is 6.08 Å². The molecule has 4 heteroatoms. The maximum Gasteiger partial charge on any atom is 0.148 e. The quantitative estimate of drug-likeness (QED) is 0.255. The zero-order valence-electron chi connectivity index (χ0n) is 6.72. The number of allylic oxidation sites excluding steroid dienone is 1. The van der Waals surface area contributed by atoms with E-state index < -0.39 is 0 Å². The zero-order valence-corrected chi connectivity index (χ0v) is 9.63. The minimum atomic E-state index is 0.390. The Labute approximate surface area is 86.4 Å². The molecule has 11 heavy (non-hydrogen) atoms. The molecule has 0 N–H and O–H groups in total. The summed E-state index contributed by atoms with van der Waals surface area (Å²) in [4.78, 5) is 0. The monoisotopic (exact) mass is 286 g/mol. The van der Waals surface area contributed by atoms with E-state index in [2.05, 4.69) is 41.2 Å². The van der Waals surface area contributed by atoms with Crippen molar-refractivity contribution < 1.29 is 0 Å². The molecule has 0 aromatic heterocycles. The van der Waals surface area contributed by atoms with Crippen molar-refractivity contribution in [3.05, 3.63) is 12.7 Å². The first-order chi connectivity index (χ1) is 5.11. The lowest BCUT2D eigenvalue weighted by atomic mass is 10.5. The summed E-state index contributed by atoms with van der Waals surface area (Å²) in [6.07, 6.45) is 2.57. The fraction of sp³-hybridized carbons (Fsp3) is 0.571. The fourth-order valence-electron chi connectivity index (χ4n) is 0.518. The number of alkyl halides is 1. The van der Waals surface area contributed by atoms with Crippen LogP contribution < -0.4 is 0 Å². The van der Waals surface area contributed by atoms with Crippen LogP contribution in [0.4, 0.5) is 0 Å². The Hall–Kier alpha value is 0.230. The Morgan fingerprint density at radius 2 is 2.45 bits per heavy atom. The lowest BCUT2D eigenvalue weighted by molar-refractivity contribution is 0.340. The average Bonchev–Trinajstić information content (AvgIpc) is 2.02. The average molecular weight is 287 g/mol. The van der Waals surface area contributed by atoms with Crippen LogP contribution in [-0.4, -0.2) is 21.3 Å². The van der Waals surface area contributed by atoms with Crippen LogP contribution in [0.1, 0.15) is 13.3 Å². The predicted octanol–water partition coefficient (Wildman–Crippen LogP) is 2.83. The molecule has 0 aromatic carbocycles. The molecule has 0 aliphatic rings. The molecule has 2 nitrogen and oxygen atoms in total. The summed E-state index contributed by atoms with van der Waals surface area (Å²) in [6.45, 7) is 5.61. The maximum absolute atomic E-state index is 5.65. The summed E-state index contributed by atoms with van der Waals surface area (Å²) in [5.41, 5.74) is 0. The first-order valence-corrected chi connectivity index (χ1v) is 4.97. The van der Waals surface area contributed by atoms with E-state index in [-0.39, 0.29) is 0 Å². The topological polar surface area (TPSA) is 15.6 Å². The largest absolute Gasteiger partial charge is 0.286 e. The van der Waals surface area contributed by atoms with Crippen molar-refractivity contribution >= 4 is 39.4 Å². The molecule has 0 aromatic rings. The van der Waals surface area contributed by atoms with Gasteiger partial charge in [0.2, 0.25) is 0 Å². The second kappa shape index (κ2) is 5.83. The van der Waals surface area contributed by atoms with Crippen LogP contribution in [-0.2, 0) is 0 Å². The van der Waals surface area contributed by atoms with Gasteiger partial charge in [-0.3, -0.25) is 5.01 Å². The van der Waals surface area contributed by atoms with Crippen LogP contribution in [0.3, 0.4) is 0 Å². The molecular weight excluding hydrogens is 274 g/mol. The lowest BCUT2D eigenvalue weighted by Gasteiger charge is -2.18. The van der Waals surface area contributed by atoms with Gasteiger partial charge in [-0.25, -0.2) is 0 Å². The van der Waals surface area contributed by atoms with Crippen molar-refractivity contribution in [3.63, 3.8) is 0 Å². The van der Waals surface area contributed by atoms with Crippen LogP contribution in [0.5, 0.6) is 0 Å². The number of hydrogen-bond acceptors (Lipinski definition) is 2. The highest BCUT2D eigenvalue weighted by Crippen LogP contribution is 2.10. The van der Waals surface area contributed by atoms with E-state index in [1.54, 1.807) is 0 Å². The van der Waals surface area contributed by atoms with Crippen LogP contribution >= 0.6 is 34.2 Å². The van der Waals surface area contributed by atoms with Gasteiger partial charge in [0, 0.05) is 7.05 Å². The molecule has 0 bridgehead atoms. The van der Waals surface area contributed by atoms with E-state index in [1.807, 2.05) is 12.1 Å². The van der Waals surface area contributed by atoms with Gasteiger partial charge in [-0.15, -0.1) is 0 Å². The van der Waals surface area contributed by atoms with Gasteiger partial charge in [0.25, 0.3) is 0 Å². The third kappa shape index (κ3) is 4.63. The minimum absolute atomic E-state index is 0.390. The first kappa shape index (κ1) is 11.2.